The molecule has 110 valence electrons. The molecule has 1 atom stereocenters. The standard InChI is InChI=1S/C13H16ClNO4S/c1-19-12-3-2-11(14)6-10(12)7-15-13(16)9-4-5-20(17,18)8-9/h2-3,6,9H,4-5,7-8H2,1H3,(H,15,16). The third-order valence-corrected chi connectivity index (χ3v) is 5.30. The first-order chi connectivity index (χ1) is 9.41. The van der Waals surface area contributed by atoms with Crippen molar-refractivity contribution in [3.63, 3.8) is 0 Å². The molecule has 1 aliphatic heterocycles. The number of hydrogen-bond acceptors (Lipinski definition) is 4. The van der Waals surface area contributed by atoms with Crippen molar-refractivity contribution in [1.29, 1.82) is 0 Å². The Labute approximate surface area is 123 Å². The molecule has 0 saturated carbocycles. The van der Waals surface area contributed by atoms with E-state index in [1.54, 1.807) is 18.2 Å². The number of methoxy groups -OCH3 is 1. The lowest BCUT2D eigenvalue weighted by atomic mass is 10.1. The van der Waals surface area contributed by atoms with Crippen molar-refractivity contribution in [2.45, 2.75) is 13.0 Å². The molecule has 1 heterocycles. The fraction of sp³-hybridized carbons (Fsp3) is 0.462. The normalized spacial score (nSPS) is 20.6. The van der Waals surface area contributed by atoms with Gasteiger partial charge in [-0.3, -0.25) is 4.79 Å². The average Bonchev–Trinajstić information content (AvgIpc) is 2.76. The molecule has 1 aromatic rings. The second-order valence-corrected chi connectivity index (χ2v) is 7.44. The molecule has 1 N–H and O–H groups in total. The van der Waals surface area contributed by atoms with E-state index in [0.717, 1.165) is 5.56 Å². The summed E-state index contributed by atoms with van der Waals surface area (Å²) in [6.07, 6.45) is 0.390. The van der Waals surface area contributed by atoms with E-state index < -0.39 is 15.8 Å². The minimum absolute atomic E-state index is 0.0640. The van der Waals surface area contributed by atoms with Gasteiger partial charge in [-0.2, -0.15) is 0 Å². The van der Waals surface area contributed by atoms with Crippen molar-refractivity contribution >= 4 is 27.3 Å². The number of benzene rings is 1. The average molecular weight is 318 g/mol. The third kappa shape index (κ3) is 3.64. The Morgan fingerprint density at radius 2 is 2.25 bits per heavy atom. The van der Waals surface area contributed by atoms with Gasteiger partial charge in [0.2, 0.25) is 5.91 Å². The molecule has 1 fully saturated rings. The quantitative estimate of drug-likeness (QED) is 0.911. The van der Waals surface area contributed by atoms with Crippen LogP contribution in [0.4, 0.5) is 0 Å². The summed E-state index contributed by atoms with van der Waals surface area (Å²) in [5.41, 5.74) is 0.759. The van der Waals surface area contributed by atoms with Gasteiger partial charge >= 0.3 is 0 Å². The van der Waals surface area contributed by atoms with Gasteiger partial charge in [0.05, 0.1) is 24.5 Å². The highest BCUT2D eigenvalue weighted by Crippen LogP contribution is 2.23. The van der Waals surface area contributed by atoms with Gasteiger partial charge in [-0.1, -0.05) is 11.6 Å². The number of hydrogen-bond donors (Lipinski definition) is 1. The topological polar surface area (TPSA) is 72.5 Å². The molecule has 0 aliphatic carbocycles. The van der Waals surface area contributed by atoms with E-state index in [-0.39, 0.29) is 24.0 Å². The molecule has 1 unspecified atom stereocenters. The second-order valence-electron chi connectivity index (χ2n) is 4.77. The van der Waals surface area contributed by atoms with Crippen LogP contribution in [0.1, 0.15) is 12.0 Å². The van der Waals surface area contributed by atoms with Gasteiger partial charge < -0.3 is 10.1 Å². The van der Waals surface area contributed by atoms with Crippen molar-refractivity contribution in [3.05, 3.63) is 28.8 Å². The Hall–Kier alpha value is -1.27. The van der Waals surface area contributed by atoms with Crippen LogP contribution in [-0.2, 0) is 21.2 Å². The van der Waals surface area contributed by atoms with Gasteiger partial charge in [0.15, 0.2) is 9.84 Å². The number of nitrogens with one attached hydrogen (secondary N) is 1. The summed E-state index contributed by atoms with van der Waals surface area (Å²) in [6.45, 7) is 0.263. The fourth-order valence-corrected chi connectivity index (χ4v) is 4.15. The number of sulfone groups is 1. The summed E-state index contributed by atoms with van der Waals surface area (Å²) in [7, 11) is -1.51. The Morgan fingerprint density at radius 3 is 2.85 bits per heavy atom. The van der Waals surface area contributed by atoms with Gasteiger partial charge in [0.1, 0.15) is 5.75 Å². The van der Waals surface area contributed by atoms with Crippen molar-refractivity contribution in [2.24, 2.45) is 5.92 Å². The van der Waals surface area contributed by atoms with E-state index in [1.165, 1.54) is 7.11 Å². The minimum atomic E-state index is -3.05. The number of rotatable bonds is 4. The molecule has 5 nitrogen and oxygen atoms in total. The number of ether oxygens (including phenoxy) is 1. The third-order valence-electron chi connectivity index (χ3n) is 3.30. The van der Waals surface area contributed by atoms with Crippen LogP contribution in [0.15, 0.2) is 18.2 Å². The van der Waals surface area contributed by atoms with Gasteiger partial charge in [0, 0.05) is 17.1 Å². The summed E-state index contributed by atoms with van der Waals surface area (Å²) in [5.74, 6) is -0.0381. The lowest BCUT2D eigenvalue weighted by Gasteiger charge is -2.12. The Bertz CT molecular complexity index is 615. The summed E-state index contributed by atoms with van der Waals surface area (Å²) >= 11 is 5.91. The maximum atomic E-state index is 11.9. The minimum Gasteiger partial charge on any atom is -0.496 e. The van der Waals surface area contributed by atoms with Gasteiger partial charge in [0.25, 0.3) is 0 Å². The number of halogens is 1. The van der Waals surface area contributed by atoms with Crippen LogP contribution in [0, 0.1) is 5.92 Å². The number of carbonyl (C=O) groups excluding carboxylic acids is 1. The number of amides is 1. The van der Waals surface area contributed by atoms with Crippen LogP contribution in [-0.4, -0.2) is 32.9 Å². The van der Waals surface area contributed by atoms with E-state index in [4.69, 9.17) is 16.3 Å². The highest BCUT2D eigenvalue weighted by Gasteiger charge is 2.32. The van der Waals surface area contributed by atoms with E-state index in [0.29, 0.717) is 17.2 Å². The second kappa shape index (κ2) is 6.01. The SMILES string of the molecule is COc1ccc(Cl)cc1CNC(=O)C1CCS(=O)(=O)C1. The summed E-state index contributed by atoms with van der Waals surface area (Å²) in [4.78, 5) is 11.9. The van der Waals surface area contributed by atoms with Crippen LogP contribution in [0.2, 0.25) is 5.02 Å². The van der Waals surface area contributed by atoms with Crippen LogP contribution < -0.4 is 10.1 Å². The molecule has 1 amide bonds. The Morgan fingerprint density at radius 1 is 1.50 bits per heavy atom. The maximum absolute atomic E-state index is 11.9. The van der Waals surface area contributed by atoms with E-state index in [9.17, 15) is 13.2 Å². The largest absolute Gasteiger partial charge is 0.496 e. The van der Waals surface area contributed by atoms with Crippen LogP contribution in [0.3, 0.4) is 0 Å². The Balaban J connectivity index is 1.99. The van der Waals surface area contributed by atoms with Crippen LogP contribution in [0.5, 0.6) is 5.75 Å². The molecule has 0 bridgehead atoms. The molecule has 20 heavy (non-hydrogen) atoms. The zero-order valence-corrected chi connectivity index (χ0v) is 12.6. The molecule has 0 aromatic heterocycles. The first-order valence-corrected chi connectivity index (χ1v) is 8.42. The van der Waals surface area contributed by atoms with Crippen molar-refractivity contribution in [1.82, 2.24) is 5.32 Å². The van der Waals surface area contributed by atoms with E-state index in [2.05, 4.69) is 5.32 Å². The lowest BCUT2D eigenvalue weighted by Crippen LogP contribution is -2.31. The molecule has 1 saturated heterocycles. The first kappa shape index (κ1) is 15.1. The highest BCUT2D eigenvalue weighted by atomic mass is 35.5. The van der Waals surface area contributed by atoms with E-state index in [1.807, 2.05) is 0 Å². The molecule has 0 spiro atoms. The van der Waals surface area contributed by atoms with E-state index >= 15 is 0 Å². The molecule has 2 rings (SSSR count). The highest BCUT2D eigenvalue weighted by molar-refractivity contribution is 7.91. The number of carbonyl (C=O) groups is 1. The van der Waals surface area contributed by atoms with Gasteiger partial charge in [-0.25, -0.2) is 8.42 Å². The zero-order chi connectivity index (χ0) is 14.8. The predicted octanol–water partition coefficient (Wildman–Crippen LogP) is 1.40. The van der Waals surface area contributed by atoms with Crippen molar-refractivity contribution in [2.75, 3.05) is 18.6 Å². The maximum Gasteiger partial charge on any atom is 0.224 e. The zero-order valence-electron chi connectivity index (χ0n) is 11.1. The Kier molecular flexibility index (Phi) is 4.55. The molecule has 1 aliphatic rings. The molecular formula is C13H16ClNO4S. The monoisotopic (exact) mass is 317 g/mol. The first-order valence-electron chi connectivity index (χ1n) is 6.22. The van der Waals surface area contributed by atoms with Crippen LogP contribution >= 0.6 is 11.6 Å². The lowest BCUT2D eigenvalue weighted by molar-refractivity contribution is -0.124. The fourth-order valence-electron chi connectivity index (χ4n) is 2.21. The molecule has 0 radical (unpaired) electrons. The van der Waals surface area contributed by atoms with Gasteiger partial charge in [-0.15, -0.1) is 0 Å². The summed E-state index contributed by atoms with van der Waals surface area (Å²) in [6, 6.07) is 5.14. The summed E-state index contributed by atoms with van der Waals surface area (Å²) in [5, 5.41) is 3.29. The molecule has 1 aromatic carbocycles. The van der Waals surface area contributed by atoms with Crippen LogP contribution in [0.25, 0.3) is 0 Å². The van der Waals surface area contributed by atoms with Crippen molar-refractivity contribution < 1.29 is 17.9 Å². The predicted molar refractivity (Wildman–Crippen MR) is 76.6 cm³/mol. The smallest absolute Gasteiger partial charge is 0.224 e. The molecular weight excluding hydrogens is 302 g/mol. The summed E-state index contributed by atoms with van der Waals surface area (Å²) < 4.78 is 27.9. The van der Waals surface area contributed by atoms with Gasteiger partial charge in [-0.05, 0) is 24.6 Å². The van der Waals surface area contributed by atoms with Crippen molar-refractivity contribution in [3.8, 4) is 5.75 Å². The molecule has 7 heteroatoms.